The molecular weight excluding hydrogens is 340 g/mol. The summed E-state index contributed by atoms with van der Waals surface area (Å²) in [7, 11) is -4.41. The zero-order chi connectivity index (χ0) is 17.5. The van der Waals surface area contributed by atoms with Crippen molar-refractivity contribution in [2.45, 2.75) is 31.1 Å². The van der Waals surface area contributed by atoms with E-state index in [1.54, 1.807) is 6.20 Å². The highest BCUT2D eigenvalue weighted by molar-refractivity contribution is 7.90. The molecule has 2 aromatic rings. The molecular formula is C15H15F2N3O3S. The summed E-state index contributed by atoms with van der Waals surface area (Å²) >= 11 is 0. The van der Waals surface area contributed by atoms with Crippen LogP contribution in [0.3, 0.4) is 0 Å². The van der Waals surface area contributed by atoms with Gasteiger partial charge < -0.3 is 0 Å². The van der Waals surface area contributed by atoms with E-state index < -0.39 is 38.4 Å². The van der Waals surface area contributed by atoms with Gasteiger partial charge in [-0.15, -0.1) is 0 Å². The zero-order valence-corrected chi connectivity index (χ0v) is 13.6. The third-order valence-electron chi connectivity index (χ3n) is 4.13. The molecule has 1 amide bonds. The number of nitrogens with one attached hydrogen (secondary N) is 2. The predicted octanol–water partition coefficient (Wildman–Crippen LogP) is 1.61. The van der Waals surface area contributed by atoms with Crippen LogP contribution in [-0.2, 0) is 27.7 Å². The number of fused-ring (bicyclic) bond motifs is 1. The number of nitrogens with zero attached hydrogens (tertiary/aromatic N) is 1. The Kier molecular flexibility index (Phi) is 4.12. The molecule has 1 aliphatic rings. The van der Waals surface area contributed by atoms with Gasteiger partial charge in [0.05, 0.1) is 6.20 Å². The van der Waals surface area contributed by atoms with E-state index in [2.05, 4.69) is 10.2 Å². The monoisotopic (exact) mass is 355 g/mol. The first-order chi connectivity index (χ1) is 11.3. The topological polar surface area (TPSA) is 91.9 Å². The molecule has 6 nitrogen and oxygen atoms in total. The van der Waals surface area contributed by atoms with E-state index >= 15 is 0 Å². The largest absolute Gasteiger partial charge is 0.282 e. The van der Waals surface area contributed by atoms with Crippen molar-refractivity contribution in [1.29, 1.82) is 0 Å². The van der Waals surface area contributed by atoms with E-state index in [0.29, 0.717) is 25.3 Å². The molecule has 0 saturated carbocycles. The maximum absolute atomic E-state index is 13.8. The molecule has 1 unspecified atom stereocenters. The Hall–Kier alpha value is -2.29. The number of aromatic amines is 1. The maximum atomic E-state index is 13.8. The van der Waals surface area contributed by atoms with Crippen molar-refractivity contribution >= 4 is 15.9 Å². The fourth-order valence-electron chi connectivity index (χ4n) is 2.74. The number of aromatic nitrogens is 2. The van der Waals surface area contributed by atoms with Crippen LogP contribution in [0.4, 0.5) is 8.78 Å². The first kappa shape index (κ1) is 16.6. The highest BCUT2D eigenvalue weighted by Gasteiger charge is 2.30. The second kappa shape index (κ2) is 5.97. The maximum Gasteiger partial charge on any atom is 0.266 e. The second-order valence-electron chi connectivity index (χ2n) is 5.82. The van der Waals surface area contributed by atoms with Gasteiger partial charge in [-0.25, -0.2) is 21.9 Å². The van der Waals surface area contributed by atoms with Crippen molar-refractivity contribution in [3.8, 4) is 0 Å². The number of H-pyrrole nitrogens is 1. The molecule has 0 fully saturated rings. The van der Waals surface area contributed by atoms with Crippen LogP contribution >= 0.6 is 0 Å². The standard InChI is InChI=1S/C15H15F2N3O3S/c1-8-4-14(12(17)6-11(8)16)24(22,23)20-15(21)9-2-3-10-7-18-19-13(10)5-9/h4,6-7,9H,2-3,5H2,1H3,(H,18,19)(H,20,21). The minimum absolute atomic E-state index is 0.0241. The lowest BCUT2D eigenvalue weighted by atomic mass is 9.88. The Bertz CT molecular complexity index is 909. The summed E-state index contributed by atoms with van der Waals surface area (Å²) in [5.74, 6) is -3.36. The molecule has 0 aliphatic heterocycles. The number of carbonyl (C=O) groups is 1. The van der Waals surface area contributed by atoms with Gasteiger partial charge in [-0.1, -0.05) is 0 Å². The zero-order valence-electron chi connectivity index (χ0n) is 12.8. The van der Waals surface area contributed by atoms with Crippen molar-refractivity contribution in [3.05, 3.63) is 46.8 Å². The Morgan fingerprint density at radius 3 is 2.83 bits per heavy atom. The Balaban J connectivity index is 1.80. The summed E-state index contributed by atoms with van der Waals surface area (Å²) < 4.78 is 53.5. The first-order valence-corrected chi connectivity index (χ1v) is 8.79. The fourth-order valence-corrected chi connectivity index (χ4v) is 3.93. The Labute approximate surface area is 137 Å². The molecule has 128 valence electrons. The summed E-state index contributed by atoms with van der Waals surface area (Å²) in [5, 5.41) is 6.67. The van der Waals surface area contributed by atoms with Crippen LogP contribution in [0.1, 0.15) is 23.2 Å². The first-order valence-electron chi connectivity index (χ1n) is 7.31. The number of halogens is 2. The molecule has 1 aromatic carbocycles. The number of sulfonamides is 1. The summed E-state index contributed by atoms with van der Waals surface area (Å²) in [4.78, 5) is 11.5. The van der Waals surface area contributed by atoms with Gasteiger partial charge in [0.25, 0.3) is 10.0 Å². The van der Waals surface area contributed by atoms with Gasteiger partial charge in [-0.05, 0) is 37.0 Å². The van der Waals surface area contributed by atoms with Gasteiger partial charge in [-0.3, -0.25) is 9.89 Å². The smallest absolute Gasteiger partial charge is 0.266 e. The number of hydrogen-bond acceptors (Lipinski definition) is 4. The SMILES string of the molecule is Cc1cc(S(=O)(=O)NC(=O)C2CCc3cn[nH]c3C2)c(F)cc1F. The van der Waals surface area contributed by atoms with Crippen molar-refractivity contribution in [3.63, 3.8) is 0 Å². The van der Waals surface area contributed by atoms with E-state index in [9.17, 15) is 22.0 Å². The molecule has 1 heterocycles. The molecule has 0 bridgehead atoms. The third kappa shape index (κ3) is 3.03. The van der Waals surface area contributed by atoms with Gasteiger partial charge in [-0.2, -0.15) is 5.10 Å². The van der Waals surface area contributed by atoms with E-state index in [1.165, 1.54) is 6.92 Å². The van der Waals surface area contributed by atoms with Crippen molar-refractivity contribution in [2.24, 2.45) is 5.92 Å². The second-order valence-corrected chi connectivity index (χ2v) is 7.47. The Morgan fingerprint density at radius 2 is 2.08 bits per heavy atom. The highest BCUT2D eigenvalue weighted by atomic mass is 32.2. The van der Waals surface area contributed by atoms with Gasteiger partial charge in [0, 0.05) is 24.1 Å². The molecule has 3 rings (SSSR count). The summed E-state index contributed by atoms with van der Waals surface area (Å²) in [5.41, 5.74) is 1.77. The molecule has 0 radical (unpaired) electrons. The molecule has 0 spiro atoms. The number of rotatable bonds is 3. The van der Waals surface area contributed by atoms with Crippen molar-refractivity contribution in [1.82, 2.24) is 14.9 Å². The van der Waals surface area contributed by atoms with E-state index in [4.69, 9.17) is 0 Å². The lowest BCUT2D eigenvalue weighted by molar-refractivity contribution is -0.123. The fraction of sp³-hybridized carbons (Fsp3) is 0.333. The van der Waals surface area contributed by atoms with Crippen molar-refractivity contribution < 1.29 is 22.0 Å². The minimum atomic E-state index is -4.41. The predicted molar refractivity (Wildman–Crippen MR) is 80.5 cm³/mol. The molecule has 2 N–H and O–H groups in total. The lowest BCUT2D eigenvalue weighted by Crippen LogP contribution is -2.38. The molecule has 1 aromatic heterocycles. The van der Waals surface area contributed by atoms with E-state index in [1.807, 2.05) is 4.72 Å². The van der Waals surface area contributed by atoms with Crippen LogP contribution in [-0.4, -0.2) is 24.5 Å². The number of benzene rings is 1. The quantitative estimate of drug-likeness (QED) is 0.875. The van der Waals surface area contributed by atoms with Crippen LogP contribution in [0.5, 0.6) is 0 Å². The van der Waals surface area contributed by atoms with Crippen LogP contribution in [0.15, 0.2) is 23.2 Å². The average Bonchev–Trinajstić information content (AvgIpc) is 2.97. The van der Waals surface area contributed by atoms with E-state index in [-0.39, 0.29) is 5.56 Å². The van der Waals surface area contributed by atoms with Crippen LogP contribution in [0, 0.1) is 24.5 Å². The third-order valence-corrected chi connectivity index (χ3v) is 5.49. The van der Waals surface area contributed by atoms with Gasteiger partial charge >= 0.3 is 0 Å². The average molecular weight is 355 g/mol. The normalized spacial score (nSPS) is 17.4. The molecule has 1 atom stereocenters. The lowest BCUT2D eigenvalue weighted by Gasteiger charge is -2.21. The van der Waals surface area contributed by atoms with E-state index in [0.717, 1.165) is 17.3 Å². The number of hydrogen-bond donors (Lipinski definition) is 2. The highest BCUT2D eigenvalue weighted by Crippen LogP contribution is 2.25. The van der Waals surface area contributed by atoms with Gasteiger partial charge in [0.2, 0.25) is 5.91 Å². The van der Waals surface area contributed by atoms with Gasteiger partial charge in [0.15, 0.2) is 0 Å². The summed E-state index contributed by atoms with van der Waals surface area (Å²) in [6, 6.07) is 1.36. The number of carbonyl (C=O) groups excluding carboxylic acids is 1. The van der Waals surface area contributed by atoms with Gasteiger partial charge in [0.1, 0.15) is 16.5 Å². The molecule has 9 heteroatoms. The molecule has 24 heavy (non-hydrogen) atoms. The van der Waals surface area contributed by atoms with Crippen molar-refractivity contribution in [2.75, 3.05) is 0 Å². The summed E-state index contributed by atoms with van der Waals surface area (Å²) in [6.07, 6.45) is 3.09. The number of aryl methyl sites for hydroxylation is 2. The molecule has 0 saturated heterocycles. The minimum Gasteiger partial charge on any atom is -0.282 e. The molecule has 1 aliphatic carbocycles. The van der Waals surface area contributed by atoms with Crippen LogP contribution < -0.4 is 4.72 Å². The summed E-state index contributed by atoms with van der Waals surface area (Å²) in [6.45, 7) is 1.32. The van der Waals surface area contributed by atoms with Crippen LogP contribution in [0.2, 0.25) is 0 Å². The Morgan fingerprint density at radius 1 is 1.33 bits per heavy atom. The number of amides is 1. The van der Waals surface area contributed by atoms with Crippen LogP contribution in [0.25, 0.3) is 0 Å².